The molecule has 6 nitrogen and oxygen atoms in total. The molecule has 1 aliphatic heterocycles. The summed E-state index contributed by atoms with van der Waals surface area (Å²) in [7, 11) is -3.88. The van der Waals surface area contributed by atoms with Crippen LogP contribution in [0.4, 0.5) is 0 Å². The third-order valence-corrected chi connectivity index (χ3v) is 7.59. The molecule has 1 atom stereocenters. The van der Waals surface area contributed by atoms with E-state index < -0.39 is 15.9 Å². The molecular formula is C14H16N2O4S3. The summed E-state index contributed by atoms with van der Waals surface area (Å²) in [5, 5.41) is 2.61. The number of thiazole rings is 1. The minimum absolute atomic E-state index is 0.0103. The predicted molar refractivity (Wildman–Crippen MR) is 88.2 cm³/mol. The zero-order chi connectivity index (χ0) is 16.6. The lowest BCUT2D eigenvalue weighted by atomic mass is 10.1. The Morgan fingerprint density at radius 1 is 1.48 bits per heavy atom. The normalized spacial score (nSPS) is 17.7. The number of ether oxygens (including phenoxy) is 1. The average Bonchev–Trinajstić information content (AvgIpc) is 3.05. The first-order valence-corrected chi connectivity index (χ1v) is 10.2. The van der Waals surface area contributed by atoms with E-state index in [2.05, 4.69) is 9.71 Å². The lowest BCUT2D eigenvalue weighted by Crippen LogP contribution is -2.32. The van der Waals surface area contributed by atoms with E-state index in [-0.39, 0.29) is 16.7 Å². The Hall–Kier alpha value is -1.29. The number of aryl methyl sites for hydroxylation is 2. The van der Waals surface area contributed by atoms with Gasteiger partial charge in [0, 0.05) is 4.88 Å². The molecule has 1 amide bonds. The second-order valence-corrected chi connectivity index (χ2v) is 9.29. The van der Waals surface area contributed by atoms with E-state index in [9.17, 15) is 13.2 Å². The predicted octanol–water partition coefficient (Wildman–Crippen LogP) is 2.33. The highest BCUT2D eigenvalue weighted by molar-refractivity contribution is 7.92. The first kappa shape index (κ1) is 16.6. The first-order chi connectivity index (χ1) is 10.9. The first-order valence-electron chi connectivity index (χ1n) is 7.04. The van der Waals surface area contributed by atoms with Crippen LogP contribution < -0.4 is 4.72 Å². The Bertz CT molecular complexity index is 838. The van der Waals surface area contributed by atoms with E-state index in [0.29, 0.717) is 17.3 Å². The van der Waals surface area contributed by atoms with Gasteiger partial charge in [-0.1, -0.05) is 0 Å². The molecule has 3 heterocycles. The lowest BCUT2D eigenvalue weighted by Gasteiger charge is -2.22. The third-order valence-electron chi connectivity index (χ3n) is 3.49. The van der Waals surface area contributed by atoms with E-state index in [1.165, 1.54) is 16.9 Å². The average molecular weight is 372 g/mol. The molecule has 2 aromatic rings. The number of carbonyl (C=O) groups excluding carboxylic acids is 1. The largest absolute Gasteiger partial charge is 0.372 e. The van der Waals surface area contributed by atoms with E-state index in [1.54, 1.807) is 13.8 Å². The molecule has 0 saturated carbocycles. The number of fused-ring (bicyclic) bond motifs is 1. The molecular weight excluding hydrogens is 356 g/mol. The Morgan fingerprint density at radius 2 is 2.26 bits per heavy atom. The van der Waals surface area contributed by atoms with Crippen LogP contribution in [0.3, 0.4) is 0 Å². The van der Waals surface area contributed by atoms with Crippen LogP contribution in [-0.4, -0.2) is 25.9 Å². The summed E-state index contributed by atoms with van der Waals surface area (Å²) >= 11 is 2.59. The minimum atomic E-state index is -3.88. The SMILES string of the molecule is Cc1nc(C)c(S(=O)(=O)NC(=O)CC2OCCc3ccsc32)s1. The molecule has 0 radical (unpaired) electrons. The fourth-order valence-corrected chi connectivity index (χ4v) is 6.03. The summed E-state index contributed by atoms with van der Waals surface area (Å²) in [6.45, 7) is 3.89. The zero-order valence-electron chi connectivity index (χ0n) is 12.7. The summed E-state index contributed by atoms with van der Waals surface area (Å²) in [5.74, 6) is -0.568. The van der Waals surface area contributed by atoms with Crippen molar-refractivity contribution in [3.05, 3.63) is 32.6 Å². The summed E-state index contributed by atoms with van der Waals surface area (Å²) in [6.07, 6.45) is 0.441. The highest BCUT2D eigenvalue weighted by atomic mass is 32.2. The van der Waals surface area contributed by atoms with Gasteiger partial charge in [0.1, 0.15) is 6.10 Å². The van der Waals surface area contributed by atoms with E-state index in [1.807, 2.05) is 11.4 Å². The Morgan fingerprint density at radius 3 is 2.96 bits per heavy atom. The number of hydrogen-bond donors (Lipinski definition) is 1. The van der Waals surface area contributed by atoms with Gasteiger partial charge in [-0.25, -0.2) is 18.1 Å². The van der Waals surface area contributed by atoms with Crippen molar-refractivity contribution in [2.24, 2.45) is 0 Å². The molecule has 0 aromatic carbocycles. The van der Waals surface area contributed by atoms with Gasteiger partial charge in [-0.3, -0.25) is 4.79 Å². The summed E-state index contributed by atoms with van der Waals surface area (Å²) in [4.78, 5) is 17.3. The number of rotatable bonds is 4. The van der Waals surface area contributed by atoms with Gasteiger partial charge in [-0.2, -0.15) is 0 Å². The van der Waals surface area contributed by atoms with Crippen LogP contribution in [0.1, 0.15) is 33.7 Å². The summed E-state index contributed by atoms with van der Waals surface area (Å²) in [6, 6.07) is 2.02. The number of carbonyl (C=O) groups is 1. The van der Waals surface area contributed by atoms with Crippen LogP contribution in [0.25, 0.3) is 0 Å². The number of nitrogens with one attached hydrogen (secondary N) is 1. The second-order valence-electron chi connectivity index (χ2n) is 5.26. The maximum Gasteiger partial charge on any atom is 0.275 e. The van der Waals surface area contributed by atoms with Gasteiger partial charge < -0.3 is 4.74 Å². The van der Waals surface area contributed by atoms with E-state index in [0.717, 1.165) is 22.6 Å². The van der Waals surface area contributed by atoms with Crippen LogP contribution in [0.2, 0.25) is 0 Å². The van der Waals surface area contributed by atoms with E-state index in [4.69, 9.17) is 4.74 Å². The van der Waals surface area contributed by atoms with Gasteiger partial charge in [0.2, 0.25) is 5.91 Å². The minimum Gasteiger partial charge on any atom is -0.372 e. The maximum atomic E-state index is 12.3. The molecule has 0 bridgehead atoms. The highest BCUT2D eigenvalue weighted by Gasteiger charge is 2.28. The Kier molecular flexibility index (Phi) is 4.54. The topological polar surface area (TPSA) is 85.4 Å². The molecule has 1 N–H and O–H groups in total. The zero-order valence-corrected chi connectivity index (χ0v) is 15.1. The van der Waals surface area contributed by atoms with Crippen LogP contribution in [0, 0.1) is 13.8 Å². The Balaban J connectivity index is 1.72. The number of aromatic nitrogens is 1. The molecule has 23 heavy (non-hydrogen) atoms. The van der Waals surface area contributed by atoms with Crippen molar-refractivity contribution in [2.75, 3.05) is 6.61 Å². The Labute approximate surface area is 142 Å². The van der Waals surface area contributed by atoms with Gasteiger partial charge in [0.25, 0.3) is 10.0 Å². The van der Waals surface area contributed by atoms with Crippen LogP contribution >= 0.6 is 22.7 Å². The van der Waals surface area contributed by atoms with E-state index >= 15 is 0 Å². The molecule has 124 valence electrons. The monoisotopic (exact) mass is 372 g/mol. The fraction of sp³-hybridized carbons (Fsp3) is 0.429. The standard InChI is InChI=1S/C14H16N2O4S3/c1-8-14(22-9(2)15-8)23(18,19)16-12(17)7-11-13-10(3-5-20-11)4-6-21-13/h4,6,11H,3,5,7H2,1-2H3,(H,16,17). The lowest BCUT2D eigenvalue weighted by molar-refractivity contribution is -0.122. The molecule has 9 heteroatoms. The van der Waals surface area contributed by atoms with Crippen molar-refractivity contribution in [1.29, 1.82) is 0 Å². The third kappa shape index (κ3) is 3.47. The number of sulfonamides is 1. The number of hydrogen-bond acceptors (Lipinski definition) is 7. The van der Waals surface area contributed by atoms with Crippen LogP contribution in [0.5, 0.6) is 0 Å². The van der Waals surface area contributed by atoms with Crippen molar-refractivity contribution in [1.82, 2.24) is 9.71 Å². The van der Waals surface area contributed by atoms with Gasteiger partial charge in [0.05, 0.1) is 23.7 Å². The number of nitrogens with zero attached hydrogens (tertiary/aromatic N) is 1. The second kappa shape index (κ2) is 6.31. The molecule has 3 rings (SSSR count). The number of thiophene rings is 1. The summed E-state index contributed by atoms with van der Waals surface area (Å²) < 4.78 is 32.5. The van der Waals surface area contributed by atoms with Crippen molar-refractivity contribution >= 4 is 38.6 Å². The number of amides is 1. The van der Waals surface area contributed by atoms with Crippen molar-refractivity contribution < 1.29 is 17.9 Å². The molecule has 0 fully saturated rings. The highest BCUT2D eigenvalue weighted by Crippen LogP contribution is 2.34. The van der Waals surface area contributed by atoms with Gasteiger partial charge in [-0.05, 0) is 37.3 Å². The maximum absolute atomic E-state index is 12.3. The molecule has 2 aromatic heterocycles. The molecule has 0 aliphatic carbocycles. The van der Waals surface area contributed by atoms with Gasteiger partial charge in [0.15, 0.2) is 4.21 Å². The summed E-state index contributed by atoms with van der Waals surface area (Å²) in [5.41, 5.74) is 1.58. The smallest absolute Gasteiger partial charge is 0.275 e. The molecule has 1 unspecified atom stereocenters. The van der Waals surface area contributed by atoms with Crippen LogP contribution in [-0.2, 0) is 26.0 Å². The molecule has 1 aliphatic rings. The van der Waals surface area contributed by atoms with Crippen molar-refractivity contribution in [3.8, 4) is 0 Å². The van der Waals surface area contributed by atoms with Crippen LogP contribution in [0.15, 0.2) is 15.7 Å². The van der Waals surface area contributed by atoms with Gasteiger partial charge in [-0.15, -0.1) is 22.7 Å². The molecule has 0 spiro atoms. The fourth-order valence-electron chi connectivity index (χ4n) is 2.54. The van der Waals surface area contributed by atoms with Crippen molar-refractivity contribution in [3.63, 3.8) is 0 Å². The quantitative estimate of drug-likeness (QED) is 0.890. The van der Waals surface area contributed by atoms with Gasteiger partial charge >= 0.3 is 0 Å². The van der Waals surface area contributed by atoms with Crippen molar-refractivity contribution in [2.45, 2.75) is 37.0 Å². The molecule has 0 saturated heterocycles.